The van der Waals surface area contributed by atoms with Crippen LogP contribution in [0.4, 0.5) is 0 Å². The second-order valence-electron chi connectivity index (χ2n) is 6.17. The Labute approximate surface area is 138 Å². The van der Waals surface area contributed by atoms with Gasteiger partial charge in [-0.05, 0) is 27.2 Å². The molecule has 6 heteroatoms. The van der Waals surface area contributed by atoms with Crippen LogP contribution in [0.25, 0.3) is 0 Å². The molecule has 1 aliphatic heterocycles. The lowest BCUT2D eigenvalue weighted by Gasteiger charge is -2.32. The lowest BCUT2D eigenvalue weighted by atomic mass is 10.2. The normalized spacial score (nSPS) is 18.5. The van der Waals surface area contributed by atoms with Gasteiger partial charge in [-0.15, -0.1) is 0 Å². The Kier molecular flexibility index (Phi) is 6.67. The largest absolute Gasteiger partial charge is 0.375 e. The van der Waals surface area contributed by atoms with Crippen LogP contribution < -0.4 is 5.32 Å². The van der Waals surface area contributed by atoms with Crippen molar-refractivity contribution in [3.05, 3.63) is 35.4 Å². The third-order valence-electron chi connectivity index (χ3n) is 3.65. The first kappa shape index (κ1) is 17.6. The first-order chi connectivity index (χ1) is 11.0. The minimum Gasteiger partial charge on any atom is -0.375 e. The van der Waals surface area contributed by atoms with Crippen molar-refractivity contribution in [2.24, 2.45) is 0 Å². The molecule has 1 saturated heterocycles. The number of aryl methyl sites for hydroxylation is 1. The number of carbonyl (C=O) groups is 1. The van der Waals surface area contributed by atoms with E-state index in [1.54, 1.807) is 6.08 Å². The van der Waals surface area contributed by atoms with E-state index in [1.807, 2.05) is 33.2 Å². The number of hydrogen-bond acceptors (Lipinski definition) is 5. The first-order valence-electron chi connectivity index (χ1n) is 8.07. The summed E-state index contributed by atoms with van der Waals surface area (Å²) < 4.78 is 5.79. The zero-order chi connectivity index (χ0) is 16.7. The van der Waals surface area contributed by atoms with Gasteiger partial charge in [0.15, 0.2) is 0 Å². The van der Waals surface area contributed by atoms with Crippen molar-refractivity contribution < 1.29 is 9.53 Å². The highest BCUT2D eigenvalue weighted by Crippen LogP contribution is 2.11. The van der Waals surface area contributed by atoms with Gasteiger partial charge in [0.1, 0.15) is 5.82 Å². The third kappa shape index (κ3) is 6.46. The van der Waals surface area contributed by atoms with Crippen LogP contribution >= 0.6 is 0 Å². The fourth-order valence-corrected chi connectivity index (χ4v) is 2.53. The fourth-order valence-electron chi connectivity index (χ4n) is 2.53. The summed E-state index contributed by atoms with van der Waals surface area (Å²) in [4.78, 5) is 22.4. The van der Waals surface area contributed by atoms with E-state index in [4.69, 9.17) is 4.74 Å². The number of carbonyl (C=O) groups excluding carboxylic acids is 1. The van der Waals surface area contributed by atoms with Crippen molar-refractivity contribution >= 4 is 5.91 Å². The maximum Gasteiger partial charge on any atom is 0.243 e. The van der Waals surface area contributed by atoms with E-state index >= 15 is 0 Å². The molecule has 0 aliphatic carbocycles. The van der Waals surface area contributed by atoms with Gasteiger partial charge in [0.2, 0.25) is 5.91 Å². The molecule has 1 aromatic heterocycles. The molecule has 0 saturated carbocycles. The van der Waals surface area contributed by atoms with Crippen molar-refractivity contribution in [3.8, 4) is 0 Å². The maximum atomic E-state index is 11.6. The van der Waals surface area contributed by atoms with E-state index in [2.05, 4.69) is 20.2 Å². The highest BCUT2D eigenvalue weighted by atomic mass is 16.5. The average Bonchev–Trinajstić information content (AvgIpc) is 2.49. The molecule has 6 nitrogen and oxygen atoms in total. The molecule has 23 heavy (non-hydrogen) atoms. The molecule has 0 aromatic carbocycles. The van der Waals surface area contributed by atoms with Crippen LogP contribution in [0.3, 0.4) is 0 Å². The molecule has 1 N–H and O–H groups in total. The molecule has 126 valence electrons. The van der Waals surface area contributed by atoms with Gasteiger partial charge in [-0.1, -0.05) is 5.57 Å². The van der Waals surface area contributed by atoms with E-state index < -0.39 is 0 Å². The molecule has 1 atom stereocenters. The molecule has 1 amide bonds. The van der Waals surface area contributed by atoms with Crippen LogP contribution in [0.2, 0.25) is 0 Å². The monoisotopic (exact) mass is 318 g/mol. The molecule has 2 heterocycles. The number of morpholine rings is 1. The number of hydrogen-bond donors (Lipinski definition) is 1. The molecule has 1 aliphatic rings. The summed E-state index contributed by atoms with van der Waals surface area (Å²) in [6, 6.07) is 0. The van der Waals surface area contributed by atoms with Crippen LogP contribution in [-0.2, 0) is 16.1 Å². The molecule has 1 aromatic rings. The SMILES string of the molecule is CC(C)=CC(=O)NCCC1CN(Cc2cnc(C)nc2)CCO1. The maximum absolute atomic E-state index is 11.6. The van der Waals surface area contributed by atoms with Gasteiger partial charge < -0.3 is 10.1 Å². The predicted molar refractivity (Wildman–Crippen MR) is 88.8 cm³/mol. The Balaban J connectivity index is 1.74. The Bertz CT molecular complexity index is 538. The van der Waals surface area contributed by atoms with Crippen LogP contribution in [0, 0.1) is 6.92 Å². The summed E-state index contributed by atoms with van der Waals surface area (Å²) >= 11 is 0. The van der Waals surface area contributed by atoms with Crippen LogP contribution in [0.15, 0.2) is 24.0 Å². The number of rotatable bonds is 6. The van der Waals surface area contributed by atoms with E-state index in [0.717, 1.165) is 49.6 Å². The standard InChI is InChI=1S/C17H26N4O2/c1-13(2)8-17(22)18-5-4-16-12-21(6-7-23-16)11-15-9-19-14(3)20-10-15/h8-10,16H,4-7,11-12H2,1-3H3,(H,18,22). The zero-order valence-electron chi connectivity index (χ0n) is 14.2. The Morgan fingerprint density at radius 1 is 1.43 bits per heavy atom. The summed E-state index contributed by atoms with van der Waals surface area (Å²) in [5.74, 6) is 0.759. The molecule has 0 radical (unpaired) electrons. The van der Waals surface area contributed by atoms with Crippen molar-refractivity contribution in [1.82, 2.24) is 20.2 Å². The number of aromatic nitrogens is 2. The number of allylic oxidation sites excluding steroid dienone is 1. The van der Waals surface area contributed by atoms with Gasteiger partial charge in [0, 0.05) is 50.2 Å². The number of ether oxygens (including phenoxy) is 1. The third-order valence-corrected chi connectivity index (χ3v) is 3.65. The van der Waals surface area contributed by atoms with Crippen LogP contribution in [-0.4, -0.2) is 53.1 Å². The topological polar surface area (TPSA) is 67.4 Å². The van der Waals surface area contributed by atoms with Gasteiger partial charge in [0.05, 0.1) is 12.7 Å². The summed E-state index contributed by atoms with van der Waals surface area (Å²) in [6.07, 6.45) is 6.36. The number of nitrogens with zero attached hydrogens (tertiary/aromatic N) is 3. The Hall–Kier alpha value is -1.79. The van der Waals surface area contributed by atoms with E-state index in [0.29, 0.717) is 6.54 Å². The van der Waals surface area contributed by atoms with Gasteiger partial charge in [-0.25, -0.2) is 9.97 Å². The van der Waals surface area contributed by atoms with Crippen molar-refractivity contribution in [2.75, 3.05) is 26.2 Å². The molecular formula is C17H26N4O2. The summed E-state index contributed by atoms with van der Waals surface area (Å²) in [5.41, 5.74) is 2.12. The Morgan fingerprint density at radius 2 is 2.17 bits per heavy atom. The lowest BCUT2D eigenvalue weighted by molar-refractivity contribution is -0.116. The summed E-state index contributed by atoms with van der Waals surface area (Å²) in [7, 11) is 0. The zero-order valence-corrected chi connectivity index (χ0v) is 14.2. The second kappa shape index (κ2) is 8.74. The molecule has 0 bridgehead atoms. The second-order valence-corrected chi connectivity index (χ2v) is 6.17. The van der Waals surface area contributed by atoms with Crippen molar-refractivity contribution in [2.45, 2.75) is 39.8 Å². The van der Waals surface area contributed by atoms with Crippen molar-refractivity contribution in [1.29, 1.82) is 0 Å². The van der Waals surface area contributed by atoms with Gasteiger partial charge in [0.25, 0.3) is 0 Å². The smallest absolute Gasteiger partial charge is 0.243 e. The number of amides is 1. The quantitative estimate of drug-likeness (QED) is 0.804. The summed E-state index contributed by atoms with van der Waals surface area (Å²) in [6.45, 7) is 9.68. The van der Waals surface area contributed by atoms with Gasteiger partial charge in [-0.2, -0.15) is 0 Å². The van der Waals surface area contributed by atoms with E-state index in [-0.39, 0.29) is 12.0 Å². The molecule has 1 unspecified atom stereocenters. The highest BCUT2D eigenvalue weighted by molar-refractivity contribution is 5.87. The minimum atomic E-state index is -0.0329. The average molecular weight is 318 g/mol. The van der Waals surface area contributed by atoms with Gasteiger partial charge >= 0.3 is 0 Å². The highest BCUT2D eigenvalue weighted by Gasteiger charge is 2.20. The van der Waals surface area contributed by atoms with E-state index in [9.17, 15) is 4.79 Å². The molecule has 0 spiro atoms. The number of nitrogens with one attached hydrogen (secondary N) is 1. The molecule has 1 fully saturated rings. The lowest BCUT2D eigenvalue weighted by Crippen LogP contribution is -2.43. The van der Waals surface area contributed by atoms with Crippen LogP contribution in [0.1, 0.15) is 31.7 Å². The fraction of sp³-hybridized carbons (Fsp3) is 0.588. The minimum absolute atomic E-state index is 0.0329. The summed E-state index contributed by atoms with van der Waals surface area (Å²) in [5, 5.41) is 2.90. The molecular weight excluding hydrogens is 292 g/mol. The predicted octanol–water partition coefficient (Wildman–Crippen LogP) is 1.46. The van der Waals surface area contributed by atoms with Crippen molar-refractivity contribution in [3.63, 3.8) is 0 Å². The molecule has 2 rings (SSSR count). The van der Waals surface area contributed by atoms with Gasteiger partial charge in [-0.3, -0.25) is 9.69 Å². The van der Waals surface area contributed by atoms with E-state index in [1.165, 1.54) is 0 Å². The Morgan fingerprint density at radius 3 is 2.87 bits per heavy atom. The first-order valence-corrected chi connectivity index (χ1v) is 8.07. The van der Waals surface area contributed by atoms with Crippen LogP contribution in [0.5, 0.6) is 0 Å².